The molecule has 0 bridgehead atoms. The fourth-order valence-electron chi connectivity index (χ4n) is 1.58. The average molecular weight is 212 g/mol. The van der Waals surface area contributed by atoms with Crippen LogP contribution < -0.4 is 0 Å². The average Bonchev–Trinajstić information content (AvgIpc) is 2.02. The van der Waals surface area contributed by atoms with Crippen molar-refractivity contribution in [3.63, 3.8) is 0 Å². The van der Waals surface area contributed by atoms with E-state index in [0.717, 1.165) is 18.2 Å². The van der Waals surface area contributed by atoms with Crippen molar-refractivity contribution < 1.29 is 8.82 Å². The molecule has 1 rings (SSSR count). The summed E-state index contributed by atoms with van der Waals surface area (Å²) in [4.78, 5) is 0. The molecule has 0 heterocycles. The Bertz CT molecular complexity index is 299. The molecule has 1 nitrogen and oxygen atoms in total. The maximum Gasteiger partial charge on any atom is 0.190 e. The van der Waals surface area contributed by atoms with E-state index >= 15 is 0 Å². The summed E-state index contributed by atoms with van der Waals surface area (Å²) in [5, 5.41) is 0. The monoisotopic (exact) mass is 212 g/mol. The molecule has 0 amide bonds. The second kappa shape index (κ2) is 4.71. The Kier molecular flexibility index (Phi) is 3.83. The fourth-order valence-corrected chi connectivity index (χ4v) is 3.67. The fraction of sp³-hybridized carbons (Fsp3) is 0.455. The Morgan fingerprint density at radius 1 is 1.36 bits per heavy atom. The summed E-state index contributed by atoms with van der Waals surface area (Å²) < 4.78 is 18.6. The summed E-state index contributed by atoms with van der Waals surface area (Å²) in [5.41, 5.74) is 1.04. The highest BCUT2D eigenvalue weighted by Crippen LogP contribution is 2.14. The first kappa shape index (κ1) is 11.4. The number of hydrogen-bond acceptors (Lipinski definition) is 1. The van der Waals surface area contributed by atoms with Gasteiger partial charge in [-0.2, -0.15) is 0 Å². The minimum atomic E-state index is -1.63. The van der Waals surface area contributed by atoms with Crippen molar-refractivity contribution in [1.29, 1.82) is 0 Å². The molecule has 1 aromatic carbocycles. The van der Waals surface area contributed by atoms with Gasteiger partial charge in [-0.25, -0.2) is 4.39 Å². The number of halogens is 1. The second-order valence-electron chi connectivity index (χ2n) is 4.00. The van der Waals surface area contributed by atoms with E-state index in [9.17, 15) is 4.39 Å². The molecule has 14 heavy (non-hydrogen) atoms. The molecule has 0 saturated heterocycles. The Balaban J connectivity index is 2.68. The van der Waals surface area contributed by atoms with Gasteiger partial charge in [0.25, 0.3) is 0 Å². The van der Waals surface area contributed by atoms with Gasteiger partial charge < -0.3 is 4.43 Å². The minimum Gasteiger partial charge on any atom is -0.417 e. The number of rotatable bonds is 4. The van der Waals surface area contributed by atoms with E-state index in [1.54, 1.807) is 12.1 Å². The third kappa shape index (κ3) is 3.60. The molecule has 3 heteroatoms. The maximum atomic E-state index is 12.9. The van der Waals surface area contributed by atoms with Crippen LogP contribution in [0.2, 0.25) is 13.1 Å². The van der Waals surface area contributed by atoms with E-state index in [-0.39, 0.29) is 5.82 Å². The van der Waals surface area contributed by atoms with Gasteiger partial charge in [0.2, 0.25) is 0 Å². The second-order valence-corrected chi connectivity index (χ2v) is 8.16. The maximum absolute atomic E-state index is 12.9. The van der Waals surface area contributed by atoms with Crippen LogP contribution in [-0.2, 0) is 10.5 Å². The molecule has 0 fully saturated rings. The van der Waals surface area contributed by atoms with Gasteiger partial charge in [0.15, 0.2) is 8.32 Å². The SMILES string of the molecule is CCO[Si](C)(C)Cc1cccc(F)c1. The summed E-state index contributed by atoms with van der Waals surface area (Å²) in [6.45, 7) is 7.05. The summed E-state index contributed by atoms with van der Waals surface area (Å²) in [7, 11) is -1.63. The standard InChI is InChI=1S/C11H17FOSi/c1-4-13-14(2,3)9-10-6-5-7-11(12)8-10/h5-8H,4,9H2,1-3H3. The molecule has 0 N–H and O–H groups in total. The minimum absolute atomic E-state index is 0.163. The molecule has 0 aliphatic carbocycles. The smallest absolute Gasteiger partial charge is 0.190 e. The van der Waals surface area contributed by atoms with Crippen LogP contribution in [0.4, 0.5) is 4.39 Å². The van der Waals surface area contributed by atoms with E-state index in [4.69, 9.17) is 4.43 Å². The summed E-state index contributed by atoms with van der Waals surface area (Å²) in [5.74, 6) is -0.163. The zero-order chi connectivity index (χ0) is 10.6. The van der Waals surface area contributed by atoms with E-state index in [1.165, 1.54) is 6.07 Å². The molecule has 1 aromatic rings. The van der Waals surface area contributed by atoms with E-state index in [1.807, 2.05) is 13.0 Å². The predicted molar refractivity (Wildman–Crippen MR) is 59.2 cm³/mol. The van der Waals surface area contributed by atoms with E-state index in [2.05, 4.69) is 13.1 Å². The van der Waals surface area contributed by atoms with Crippen LogP contribution in [0.25, 0.3) is 0 Å². The first-order valence-corrected chi connectivity index (χ1v) is 8.03. The lowest BCUT2D eigenvalue weighted by molar-refractivity contribution is 0.328. The Morgan fingerprint density at radius 2 is 2.07 bits per heavy atom. The molecule has 0 spiro atoms. The number of benzene rings is 1. The van der Waals surface area contributed by atoms with Crippen molar-refractivity contribution in [2.24, 2.45) is 0 Å². The summed E-state index contributed by atoms with van der Waals surface area (Å²) in [6, 6.07) is 7.64. The zero-order valence-electron chi connectivity index (χ0n) is 9.01. The normalized spacial score (nSPS) is 11.7. The van der Waals surface area contributed by atoms with E-state index < -0.39 is 8.32 Å². The molecular formula is C11H17FOSi. The lowest BCUT2D eigenvalue weighted by Crippen LogP contribution is -2.33. The van der Waals surface area contributed by atoms with E-state index in [0.29, 0.717) is 0 Å². The lowest BCUT2D eigenvalue weighted by Gasteiger charge is -2.21. The molecule has 0 aliphatic rings. The van der Waals surface area contributed by atoms with Crippen molar-refractivity contribution in [1.82, 2.24) is 0 Å². The van der Waals surface area contributed by atoms with Crippen molar-refractivity contribution >= 4 is 8.32 Å². The molecular weight excluding hydrogens is 195 g/mol. The Morgan fingerprint density at radius 3 is 2.64 bits per heavy atom. The molecule has 0 saturated carbocycles. The molecule has 0 unspecified atom stereocenters. The first-order chi connectivity index (χ1) is 6.53. The van der Waals surface area contributed by atoms with Crippen molar-refractivity contribution in [3.8, 4) is 0 Å². The van der Waals surface area contributed by atoms with Crippen LogP contribution in [0.15, 0.2) is 24.3 Å². The zero-order valence-corrected chi connectivity index (χ0v) is 10.0. The third-order valence-corrected chi connectivity index (χ3v) is 4.38. The van der Waals surface area contributed by atoms with Crippen LogP contribution in [0, 0.1) is 5.82 Å². The molecule has 0 radical (unpaired) electrons. The predicted octanol–water partition coefficient (Wildman–Crippen LogP) is 3.15. The Labute approximate surface area is 86.0 Å². The highest BCUT2D eigenvalue weighted by Gasteiger charge is 2.22. The topological polar surface area (TPSA) is 9.23 Å². The number of hydrogen-bond donors (Lipinski definition) is 0. The van der Waals surface area contributed by atoms with Gasteiger partial charge in [0.1, 0.15) is 5.82 Å². The first-order valence-electron chi connectivity index (χ1n) is 4.92. The molecule has 78 valence electrons. The quantitative estimate of drug-likeness (QED) is 0.697. The largest absolute Gasteiger partial charge is 0.417 e. The van der Waals surface area contributed by atoms with Gasteiger partial charge in [-0.05, 0) is 43.8 Å². The van der Waals surface area contributed by atoms with Crippen LogP contribution in [0.1, 0.15) is 12.5 Å². The van der Waals surface area contributed by atoms with Crippen LogP contribution in [0.5, 0.6) is 0 Å². The van der Waals surface area contributed by atoms with Crippen LogP contribution >= 0.6 is 0 Å². The van der Waals surface area contributed by atoms with Crippen molar-refractivity contribution in [2.45, 2.75) is 26.1 Å². The third-order valence-electron chi connectivity index (χ3n) is 2.05. The van der Waals surface area contributed by atoms with Gasteiger partial charge in [0, 0.05) is 6.61 Å². The highest BCUT2D eigenvalue weighted by molar-refractivity contribution is 6.70. The molecule has 0 atom stereocenters. The van der Waals surface area contributed by atoms with Gasteiger partial charge in [0.05, 0.1) is 0 Å². The summed E-state index contributed by atoms with van der Waals surface area (Å²) >= 11 is 0. The van der Waals surface area contributed by atoms with Gasteiger partial charge in [-0.3, -0.25) is 0 Å². The van der Waals surface area contributed by atoms with Crippen LogP contribution in [-0.4, -0.2) is 14.9 Å². The van der Waals surface area contributed by atoms with Crippen LogP contribution in [0.3, 0.4) is 0 Å². The van der Waals surface area contributed by atoms with Crippen molar-refractivity contribution in [3.05, 3.63) is 35.6 Å². The summed E-state index contributed by atoms with van der Waals surface area (Å²) in [6.07, 6.45) is 0. The van der Waals surface area contributed by atoms with Gasteiger partial charge in [-0.15, -0.1) is 0 Å². The lowest BCUT2D eigenvalue weighted by atomic mass is 10.2. The Hall–Kier alpha value is -0.673. The van der Waals surface area contributed by atoms with Gasteiger partial charge in [-0.1, -0.05) is 12.1 Å². The van der Waals surface area contributed by atoms with Crippen molar-refractivity contribution in [2.75, 3.05) is 6.61 Å². The molecule has 0 aromatic heterocycles. The molecule has 0 aliphatic heterocycles. The van der Waals surface area contributed by atoms with Gasteiger partial charge >= 0.3 is 0 Å². The highest BCUT2D eigenvalue weighted by atomic mass is 28.4.